The van der Waals surface area contributed by atoms with E-state index in [0.717, 1.165) is 16.7 Å². The summed E-state index contributed by atoms with van der Waals surface area (Å²) in [6.45, 7) is 6.05. The van der Waals surface area contributed by atoms with Crippen LogP contribution >= 0.6 is 0 Å². The Morgan fingerprint density at radius 3 is 1.90 bits per heavy atom. The Hall–Kier alpha value is -4.33. The number of amides is 3. The van der Waals surface area contributed by atoms with E-state index >= 15 is 0 Å². The van der Waals surface area contributed by atoms with Crippen LogP contribution in [0.2, 0.25) is 0 Å². The molecule has 0 spiro atoms. The van der Waals surface area contributed by atoms with Gasteiger partial charge in [0.1, 0.15) is 17.4 Å². The molecule has 0 aliphatic heterocycles. The van der Waals surface area contributed by atoms with Crippen LogP contribution in [0, 0.1) is 0 Å². The number of phenolic OH excluding ortho intramolecular Hbond substituents is 1. The van der Waals surface area contributed by atoms with Gasteiger partial charge in [-0.05, 0) is 68.9 Å². The van der Waals surface area contributed by atoms with Crippen LogP contribution in [0.4, 0.5) is 4.79 Å². The lowest BCUT2D eigenvalue weighted by molar-refractivity contribution is -0.129. The van der Waals surface area contributed by atoms with Gasteiger partial charge in [-0.3, -0.25) is 9.59 Å². The van der Waals surface area contributed by atoms with Gasteiger partial charge in [-0.15, -0.1) is 0 Å². The SMILES string of the molecule is CC(C)(C)OC(=O)NCCCCC(NC(=O)C(c1ccccc1)c1ccccc1)C(=O)NCc1ccc(O)cc1. The number of carbonyl (C=O) groups excluding carboxylic acids is 3. The van der Waals surface area contributed by atoms with Crippen LogP contribution in [0.5, 0.6) is 5.75 Å². The lowest BCUT2D eigenvalue weighted by Gasteiger charge is -2.23. The van der Waals surface area contributed by atoms with Gasteiger partial charge in [0.05, 0.1) is 5.92 Å². The largest absolute Gasteiger partial charge is 0.508 e. The van der Waals surface area contributed by atoms with Gasteiger partial charge in [0.2, 0.25) is 11.8 Å². The van der Waals surface area contributed by atoms with Crippen molar-refractivity contribution in [3.8, 4) is 5.75 Å². The van der Waals surface area contributed by atoms with E-state index in [1.807, 2.05) is 60.7 Å². The number of hydrogen-bond donors (Lipinski definition) is 4. The molecule has 0 radical (unpaired) electrons. The number of ether oxygens (including phenoxy) is 1. The zero-order valence-corrected chi connectivity index (χ0v) is 23.4. The number of nitrogens with one attached hydrogen (secondary N) is 3. The Balaban J connectivity index is 1.68. The molecule has 0 aliphatic carbocycles. The number of unbranched alkanes of at least 4 members (excludes halogenated alkanes) is 1. The van der Waals surface area contributed by atoms with Crippen LogP contribution in [-0.2, 0) is 20.9 Å². The first-order chi connectivity index (χ1) is 19.1. The summed E-state index contributed by atoms with van der Waals surface area (Å²) in [7, 11) is 0. The van der Waals surface area contributed by atoms with Crippen molar-refractivity contribution in [1.29, 1.82) is 0 Å². The fourth-order valence-electron chi connectivity index (χ4n) is 4.21. The number of hydrogen-bond acceptors (Lipinski definition) is 5. The van der Waals surface area contributed by atoms with Crippen molar-refractivity contribution in [1.82, 2.24) is 16.0 Å². The molecule has 0 aliphatic rings. The van der Waals surface area contributed by atoms with E-state index in [4.69, 9.17) is 4.74 Å². The highest BCUT2D eigenvalue weighted by atomic mass is 16.6. The summed E-state index contributed by atoms with van der Waals surface area (Å²) >= 11 is 0. The van der Waals surface area contributed by atoms with Crippen LogP contribution in [0.25, 0.3) is 0 Å². The molecule has 1 unspecified atom stereocenters. The van der Waals surface area contributed by atoms with E-state index in [-0.39, 0.29) is 24.1 Å². The molecule has 3 aromatic rings. The molecule has 3 amide bonds. The standard InChI is InChI=1S/C32H39N3O5/c1-32(2,3)40-31(39)33-21-11-10-16-27(29(37)34-22-23-17-19-26(36)20-18-23)35-30(38)28(24-12-6-4-7-13-24)25-14-8-5-9-15-25/h4-9,12-15,17-20,27-28,36H,10-11,16,21-22H2,1-3H3,(H,33,39)(H,34,37)(H,35,38). The lowest BCUT2D eigenvalue weighted by Crippen LogP contribution is -2.48. The Bertz CT molecular complexity index is 1190. The average Bonchev–Trinajstić information content (AvgIpc) is 2.92. The van der Waals surface area contributed by atoms with Crippen molar-refractivity contribution < 1.29 is 24.2 Å². The minimum Gasteiger partial charge on any atom is -0.508 e. The molecule has 8 heteroatoms. The summed E-state index contributed by atoms with van der Waals surface area (Å²) < 4.78 is 5.26. The van der Waals surface area contributed by atoms with E-state index < -0.39 is 23.7 Å². The van der Waals surface area contributed by atoms with Crippen LogP contribution in [0.15, 0.2) is 84.9 Å². The molecule has 0 aromatic heterocycles. The van der Waals surface area contributed by atoms with Crippen molar-refractivity contribution in [2.24, 2.45) is 0 Å². The number of phenols is 1. The number of carbonyl (C=O) groups is 3. The van der Waals surface area contributed by atoms with Crippen molar-refractivity contribution in [3.05, 3.63) is 102 Å². The third kappa shape index (κ3) is 10.1. The predicted octanol–water partition coefficient (Wildman–Crippen LogP) is 5.02. The quantitative estimate of drug-likeness (QED) is 0.239. The topological polar surface area (TPSA) is 117 Å². The van der Waals surface area contributed by atoms with Gasteiger partial charge in [-0.25, -0.2) is 4.79 Å². The van der Waals surface area contributed by atoms with Gasteiger partial charge in [-0.2, -0.15) is 0 Å². The second-order valence-electron chi connectivity index (χ2n) is 10.6. The maximum Gasteiger partial charge on any atom is 0.407 e. The molecule has 40 heavy (non-hydrogen) atoms. The third-order valence-corrected chi connectivity index (χ3v) is 6.15. The van der Waals surface area contributed by atoms with Crippen LogP contribution in [-0.4, -0.2) is 41.2 Å². The molecule has 8 nitrogen and oxygen atoms in total. The van der Waals surface area contributed by atoms with Gasteiger partial charge in [0.15, 0.2) is 0 Å². The summed E-state index contributed by atoms with van der Waals surface area (Å²) in [5.41, 5.74) is 1.90. The highest BCUT2D eigenvalue weighted by molar-refractivity contribution is 5.92. The van der Waals surface area contributed by atoms with Crippen molar-refractivity contribution in [2.45, 2.75) is 64.1 Å². The lowest BCUT2D eigenvalue weighted by atomic mass is 9.90. The molecule has 212 valence electrons. The minimum atomic E-state index is -0.777. The molecule has 3 aromatic carbocycles. The zero-order chi connectivity index (χ0) is 29.0. The summed E-state index contributed by atoms with van der Waals surface area (Å²) in [5, 5.41) is 18.1. The number of benzene rings is 3. The smallest absolute Gasteiger partial charge is 0.407 e. The second-order valence-corrected chi connectivity index (χ2v) is 10.6. The summed E-state index contributed by atoms with van der Waals surface area (Å²) in [5.74, 6) is -1.01. The van der Waals surface area contributed by atoms with Gasteiger partial charge >= 0.3 is 6.09 Å². The van der Waals surface area contributed by atoms with Gasteiger partial charge in [0.25, 0.3) is 0 Å². The van der Waals surface area contributed by atoms with Gasteiger partial charge in [-0.1, -0.05) is 72.8 Å². The maximum atomic E-state index is 13.7. The molecule has 0 fully saturated rings. The summed E-state index contributed by atoms with van der Waals surface area (Å²) in [4.78, 5) is 38.9. The van der Waals surface area contributed by atoms with E-state index in [9.17, 15) is 19.5 Å². The molecule has 3 rings (SSSR count). The Kier molecular flexibility index (Phi) is 11.1. The second kappa shape index (κ2) is 14.7. The maximum absolute atomic E-state index is 13.7. The first kappa shape index (κ1) is 30.2. The number of rotatable bonds is 12. The Morgan fingerprint density at radius 2 is 1.35 bits per heavy atom. The first-order valence-corrected chi connectivity index (χ1v) is 13.5. The van der Waals surface area contributed by atoms with Crippen LogP contribution in [0.1, 0.15) is 62.6 Å². The normalized spacial score (nSPS) is 11.9. The van der Waals surface area contributed by atoms with Gasteiger partial charge < -0.3 is 25.8 Å². The fourth-order valence-corrected chi connectivity index (χ4v) is 4.21. The number of aromatic hydroxyl groups is 1. The molecule has 0 saturated carbocycles. The first-order valence-electron chi connectivity index (χ1n) is 13.5. The molecule has 0 bridgehead atoms. The summed E-state index contributed by atoms with van der Waals surface area (Å²) in [6, 6.07) is 24.7. The minimum absolute atomic E-state index is 0.146. The van der Waals surface area contributed by atoms with Crippen LogP contribution in [0.3, 0.4) is 0 Å². The molecule has 4 N–H and O–H groups in total. The number of alkyl carbamates (subject to hydrolysis) is 1. The molecular weight excluding hydrogens is 506 g/mol. The van der Waals surface area contributed by atoms with Crippen LogP contribution < -0.4 is 16.0 Å². The van der Waals surface area contributed by atoms with Crippen molar-refractivity contribution in [3.63, 3.8) is 0 Å². The fraction of sp³-hybridized carbons (Fsp3) is 0.344. The monoisotopic (exact) mass is 545 g/mol. The van der Waals surface area contributed by atoms with Crippen molar-refractivity contribution >= 4 is 17.9 Å². The molecule has 0 saturated heterocycles. The van der Waals surface area contributed by atoms with E-state index in [1.165, 1.54) is 0 Å². The third-order valence-electron chi connectivity index (χ3n) is 6.15. The Morgan fingerprint density at radius 1 is 0.775 bits per heavy atom. The van der Waals surface area contributed by atoms with E-state index in [0.29, 0.717) is 25.8 Å². The zero-order valence-electron chi connectivity index (χ0n) is 23.4. The Labute approximate surface area is 236 Å². The van der Waals surface area contributed by atoms with Gasteiger partial charge in [0, 0.05) is 13.1 Å². The highest BCUT2D eigenvalue weighted by Crippen LogP contribution is 2.25. The highest BCUT2D eigenvalue weighted by Gasteiger charge is 2.27. The van der Waals surface area contributed by atoms with Crippen molar-refractivity contribution in [2.75, 3.05) is 6.54 Å². The molecule has 1 atom stereocenters. The average molecular weight is 546 g/mol. The molecule has 0 heterocycles. The van der Waals surface area contributed by atoms with E-state index in [1.54, 1.807) is 45.0 Å². The summed E-state index contributed by atoms with van der Waals surface area (Å²) in [6.07, 6.45) is 1.10. The predicted molar refractivity (Wildman–Crippen MR) is 155 cm³/mol. The molecular formula is C32H39N3O5. The van der Waals surface area contributed by atoms with E-state index in [2.05, 4.69) is 16.0 Å².